The number of carbonyl (C=O) groups is 2. The molecule has 0 radical (unpaired) electrons. The summed E-state index contributed by atoms with van der Waals surface area (Å²) in [6, 6.07) is 0. The molecule has 4 rings (SSSR count). The first-order chi connectivity index (χ1) is 17.8. The van der Waals surface area contributed by atoms with E-state index in [4.69, 9.17) is 14.2 Å². The SMILES string of the molecule is C.C.C=C1CC(C(C)C)CCO1.C=C1CC(C(C)C)CO1.CC(C)C1CCCC1=O.CC(C)C1CCCOC1=O. The lowest BCUT2D eigenvalue weighted by Gasteiger charge is -2.26. The van der Waals surface area contributed by atoms with Crippen LogP contribution in [0, 0.1) is 47.3 Å². The molecule has 3 aliphatic heterocycles. The number of hydrogen-bond donors (Lipinski definition) is 0. The lowest BCUT2D eigenvalue weighted by Crippen LogP contribution is -2.27. The Bertz CT molecular complexity index is 736. The Morgan fingerprint density at radius 1 is 0.625 bits per heavy atom. The van der Waals surface area contributed by atoms with Crippen molar-refractivity contribution in [3.05, 3.63) is 24.7 Å². The summed E-state index contributed by atoms with van der Waals surface area (Å²) < 4.78 is 15.4. The third-order valence-electron chi connectivity index (χ3n) is 8.33. The van der Waals surface area contributed by atoms with E-state index in [1.807, 2.05) is 0 Å². The standard InChI is InChI=1S/C9H16O.C8H14O2.2C8H14O.2CH4/c1-7(2)9-4-5-10-8(3)6-9;1-6(2)7-4-3-5-10-8(7)9;1-6(2)8-4-7(3)9-5-8;1-6(2)7-4-3-5-8(7)9;;/h7,9H,3-6H2,1-2H3;6-7H,3-5H2,1-2H3;6,8H,3-5H2,1-2H3;6-7H,3-5H2,1-2H3;2*1H4. The molecule has 0 N–H and O–H groups in total. The number of hydrogen-bond acceptors (Lipinski definition) is 5. The molecule has 5 nitrogen and oxygen atoms in total. The van der Waals surface area contributed by atoms with E-state index in [1.54, 1.807) is 0 Å². The molecule has 0 aromatic carbocycles. The number of cyclic esters (lactones) is 1. The van der Waals surface area contributed by atoms with E-state index >= 15 is 0 Å². The van der Waals surface area contributed by atoms with E-state index in [0.29, 0.717) is 30.1 Å². The minimum Gasteiger partial charge on any atom is -0.499 e. The zero-order chi connectivity index (χ0) is 28.8. The molecule has 4 unspecified atom stereocenters. The number of esters is 1. The number of ether oxygens (including phenoxy) is 3. The zero-order valence-corrected chi connectivity index (χ0v) is 25.9. The van der Waals surface area contributed by atoms with Crippen LogP contribution >= 0.6 is 0 Å². The minimum absolute atomic E-state index is 0. The van der Waals surface area contributed by atoms with Gasteiger partial charge in [-0.1, -0.05) is 83.4 Å². The highest BCUT2D eigenvalue weighted by atomic mass is 16.5. The molecule has 0 aromatic heterocycles. The number of ketones is 1. The highest BCUT2D eigenvalue weighted by Crippen LogP contribution is 2.29. The molecule has 40 heavy (non-hydrogen) atoms. The number of Topliss-reactive ketones (excluding diaryl/α,β-unsaturated/α-hetero) is 1. The van der Waals surface area contributed by atoms with Gasteiger partial charge in [-0.25, -0.2) is 0 Å². The van der Waals surface area contributed by atoms with Gasteiger partial charge in [-0.2, -0.15) is 0 Å². The molecule has 1 aliphatic carbocycles. The Labute approximate surface area is 248 Å². The van der Waals surface area contributed by atoms with Crippen molar-refractivity contribution in [3.63, 3.8) is 0 Å². The van der Waals surface area contributed by atoms with Crippen LogP contribution in [0.25, 0.3) is 0 Å². The van der Waals surface area contributed by atoms with Gasteiger partial charge in [0.2, 0.25) is 0 Å². The molecule has 0 spiro atoms. The van der Waals surface area contributed by atoms with Crippen molar-refractivity contribution in [2.45, 2.75) is 122 Å². The van der Waals surface area contributed by atoms with Crippen LogP contribution in [0.3, 0.4) is 0 Å². The fourth-order valence-corrected chi connectivity index (χ4v) is 5.29. The van der Waals surface area contributed by atoms with Crippen molar-refractivity contribution in [2.24, 2.45) is 47.3 Å². The number of rotatable bonds is 4. The summed E-state index contributed by atoms with van der Waals surface area (Å²) >= 11 is 0. The Morgan fingerprint density at radius 2 is 1.15 bits per heavy atom. The molecular weight excluding hydrogens is 500 g/mol. The maximum Gasteiger partial charge on any atom is 0.309 e. The molecule has 236 valence electrons. The van der Waals surface area contributed by atoms with E-state index in [9.17, 15) is 9.59 Å². The average molecular weight is 567 g/mol. The molecule has 0 bridgehead atoms. The summed E-state index contributed by atoms with van der Waals surface area (Å²) in [7, 11) is 0. The van der Waals surface area contributed by atoms with E-state index in [0.717, 1.165) is 93.3 Å². The molecular formula is C35H66O5. The third kappa shape index (κ3) is 15.3. The molecule has 3 heterocycles. The van der Waals surface area contributed by atoms with Crippen molar-refractivity contribution in [1.29, 1.82) is 0 Å². The van der Waals surface area contributed by atoms with Gasteiger partial charge in [0.15, 0.2) is 0 Å². The summed E-state index contributed by atoms with van der Waals surface area (Å²) in [5, 5.41) is 0. The van der Waals surface area contributed by atoms with E-state index < -0.39 is 0 Å². The van der Waals surface area contributed by atoms with Gasteiger partial charge in [0, 0.05) is 31.1 Å². The quantitative estimate of drug-likeness (QED) is 0.317. The van der Waals surface area contributed by atoms with Crippen LogP contribution in [-0.2, 0) is 23.8 Å². The summed E-state index contributed by atoms with van der Waals surface area (Å²) in [5.74, 6) is 7.04. The summed E-state index contributed by atoms with van der Waals surface area (Å²) in [4.78, 5) is 22.0. The molecule has 5 heteroatoms. The molecule has 1 saturated carbocycles. The molecule has 4 aliphatic rings. The van der Waals surface area contributed by atoms with Crippen molar-refractivity contribution in [1.82, 2.24) is 0 Å². The second-order valence-corrected chi connectivity index (χ2v) is 12.8. The van der Waals surface area contributed by atoms with Gasteiger partial charge in [0.25, 0.3) is 0 Å². The first-order valence-corrected chi connectivity index (χ1v) is 15.1. The predicted octanol–water partition coefficient (Wildman–Crippen LogP) is 9.65. The van der Waals surface area contributed by atoms with Gasteiger partial charge in [0.05, 0.1) is 37.3 Å². The molecule has 0 aromatic rings. The van der Waals surface area contributed by atoms with Crippen LogP contribution in [0.15, 0.2) is 24.7 Å². The van der Waals surface area contributed by atoms with Crippen molar-refractivity contribution in [2.75, 3.05) is 19.8 Å². The van der Waals surface area contributed by atoms with Gasteiger partial charge >= 0.3 is 5.97 Å². The smallest absolute Gasteiger partial charge is 0.309 e. The fraction of sp³-hybridized carbons (Fsp3) is 0.829. The van der Waals surface area contributed by atoms with Crippen LogP contribution in [0.1, 0.15) is 122 Å². The van der Waals surface area contributed by atoms with Crippen molar-refractivity contribution >= 4 is 11.8 Å². The van der Waals surface area contributed by atoms with Gasteiger partial charge in [0.1, 0.15) is 5.78 Å². The Balaban J connectivity index is 0. The van der Waals surface area contributed by atoms with E-state index in [-0.39, 0.29) is 26.7 Å². The van der Waals surface area contributed by atoms with Gasteiger partial charge in [-0.15, -0.1) is 0 Å². The maximum atomic E-state index is 11.0. The van der Waals surface area contributed by atoms with E-state index in [1.165, 1.54) is 6.42 Å². The van der Waals surface area contributed by atoms with Crippen molar-refractivity contribution in [3.8, 4) is 0 Å². The van der Waals surface area contributed by atoms with Gasteiger partial charge in [-0.05, 0) is 61.7 Å². The normalized spacial score (nSPS) is 25.7. The maximum absolute atomic E-state index is 11.0. The summed E-state index contributed by atoms with van der Waals surface area (Å²) in [5.41, 5.74) is 0. The Kier molecular flexibility index (Phi) is 21.2. The zero-order valence-electron chi connectivity index (χ0n) is 25.9. The Hall–Kier alpha value is -1.78. The Morgan fingerprint density at radius 3 is 1.45 bits per heavy atom. The number of carbonyl (C=O) groups excluding carboxylic acids is 2. The van der Waals surface area contributed by atoms with Crippen LogP contribution in [0.2, 0.25) is 0 Å². The largest absolute Gasteiger partial charge is 0.499 e. The third-order valence-corrected chi connectivity index (χ3v) is 8.33. The van der Waals surface area contributed by atoms with E-state index in [2.05, 4.69) is 68.5 Å². The first-order valence-electron chi connectivity index (χ1n) is 15.1. The highest BCUT2D eigenvalue weighted by molar-refractivity contribution is 5.83. The first kappa shape index (κ1) is 40.4. The molecule has 4 fully saturated rings. The predicted molar refractivity (Wildman–Crippen MR) is 170 cm³/mol. The van der Waals surface area contributed by atoms with Gasteiger partial charge < -0.3 is 14.2 Å². The van der Waals surface area contributed by atoms with Crippen LogP contribution in [0.5, 0.6) is 0 Å². The monoisotopic (exact) mass is 566 g/mol. The molecule has 4 atom stereocenters. The topological polar surface area (TPSA) is 61.8 Å². The average Bonchev–Trinajstić information content (AvgIpc) is 3.49. The highest BCUT2D eigenvalue weighted by Gasteiger charge is 2.27. The van der Waals surface area contributed by atoms with Gasteiger partial charge in [-0.3, -0.25) is 9.59 Å². The number of allylic oxidation sites excluding steroid dienone is 2. The summed E-state index contributed by atoms with van der Waals surface area (Å²) in [6.45, 7) is 27.4. The fourth-order valence-electron chi connectivity index (χ4n) is 5.29. The van der Waals surface area contributed by atoms with Crippen molar-refractivity contribution < 1.29 is 23.8 Å². The lowest BCUT2D eigenvalue weighted by atomic mass is 9.88. The minimum atomic E-state index is 0. The second kappa shape index (κ2) is 21.0. The summed E-state index contributed by atoms with van der Waals surface area (Å²) in [6.07, 6.45) is 8.48. The molecule has 0 amide bonds. The van der Waals surface area contributed by atoms with Crippen LogP contribution in [0.4, 0.5) is 0 Å². The lowest BCUT2D eigenvalue weighted by molar-refractivity contribution is -0.154. The second-order valence-electron chi connectivity index (χ2n) is 12.8. The van der Waals surface area contributed by atoms with Crippen LogP contribution in [-0.4, -0.2) is 31.6 Å². The van der Waals surface area contributed by atoms with Crippen LogP contribution < -0.4 is 0 Å². The molecule has 3 saturated heterocycles.